The van der Waals surface area contributed by atoms with Gasteiger partial charge in [-0.25, -0.2) is 4.98 Å². The molecule has 2 aromatic heterocycles. The summed E-state index contributed by atoms with van der Waals surface area (Å²) in [4.78, 5) is 29.0. The van der Waals surface area contributed by atoms with Crippen LogP contribution in [0.4, 0.5) is 0 Å². The standard InChI is InChI=1S/C18H27N5O2.2ClH/c1-10-9-13(7-8-19-10)21-15(24)6-5-14-11(2)16-17(20-12(14)3)23(4)22-18(16)25;;/h10,13,19H,5-9H2,1-4H3,(H,21,24)(H,22,25);2*1H. The first-order valence-corrected chi connectivity index (χ1v) is 8.94. The van der Waals surface area contributed by atoms with Gasteiger partial charge in [-0.2, -0.15) is 0 Å². The Kier molecular flexibility index (Phi) is 8.32. The fourth-order valence-electron chi connectivity index (χ4n) is 3.82. The van der Waals surface area contributed by atoms with Crippen molar-refractivity contribution >= 4 is 41.8 Å². The molecule has 7 nitrogen and oxygen atoms in total. The molecule has 3 rings (SSSR count). The lowest BCUT2D eigenvalue weighted by molar-refractivity contribution is -0.122. The Labute approximate surface area is 171 Å². The molecule has 0 radical (unpaired) electrons. The van der Waals surface area contributed by atoms with Crippen LogP contribution in [0.3, 0.4) is 0 Å². The van der Waals surface area contributed by atoms with E-state index in [0.29, 0.717) is 29.9 Å². The second-order valence-corrected chi connectivity index (χ2v) is 7.14. The van der Waals surface area contributed by atoms with Gasteiger partial charge in [-0.1, -0.05) is 0 Å². The number of carbonyl (C=O) groups excluding carboxylic acids is 1. The molecule has 3 heterocycles. The summed E-state index contributed by atoms with van der Waals surface area (Å²) in [6.07, 6.45) is 2.96. The van der Waals surface area contributed by atoms with Crippen LogP contribution < -0.4 is 16.2 Å². The summed E-state index contributed by atoms with van der Waals surface area (Å²) in [7, 11) is 1.78. The van der Waals surface area contributed by atoms with Gasteiger partial charge in [0.1, 0.15) is 0 Å². The van der Waals surface area contributed by atoms with Gasteiger partial charge in [-0.15, -0.1) is 24.8 Å². The van der Waals surface area contributed by atoms with Crippen molar-refractivity contribution in [2.24, 2.45) is 7.05 Å². The first kappa shape index (κ1) is 23.5. The average molecular weight is 418 g/mol. The van der Waals surface area contributed by atoms with Crippen LogP contribution in [0, 0.1) is 13.8 Å². The molecule has 1 aliphatic heterocycles. The number of amides is 1. The van der Waals surface area contributed by atoms with Gasteiger partial charge in [0.2, 0.25) is 5.91 Å². The number of rotatable bonds is 4. The quantitative estimate of drug-likeness (QED) is 0.708. The third-order valence-corrected chi connectivity index (χ3v) is 5.17. The van der Waals surface area contributed by atoms with Crippen molar-refractivity contribution in [2.75, 3.05) is 6.54 Å². The van der Waals surface area contributed by atoms with Crippen LogP contribution in [-0.4, -0.2) is 39.3 Å². The lowest BCUT2D eigenvalue weighted by atomic mass is 9.98. The molecule has 1 amide bonds. The molecule has 0 aliphatic carbocycles. The number of carbonyl (C=O) groups is 1. The Balaban J connectivity index is 0.00000182. The number of pyridine rings is 1. The zero-order chi connectivity index (χ0) is 18.1. The van der Waals surface area contributed by atoms with Gasteiger partial charge in [0.05, 0.1) is 5.39 Å². The second kappa shape index (κ2) is 9.57. The molecule has 0 bridgehead atoms. The summed E-state index contributed by atoms with van der Waals surface area (Å²) in [5, 5.41) is 9.90. The van der Waals surface area contributed by atoms with Gasteiger partial charge in [0.25, 0.3) is 5.56 Å². The van der Waals surface area contributed by atoms with E-state index in [2.05, 4.69) is 27.6 Å². The van der Waals surface area contributed by atoms with E-state index in [1.807, 2.05) is 13.8 Å². The molecule has 27 heavy (non-hydrogen) atoms. The minimum absolute atomic E-state index is 0. The number of hydrogen-bond donors (Lipinski definition) is 3. The zero-order valence-corrected chi connectivity index (χ0v) is 17.9. The number of fused-ring (bicyclic) bond motifs is 1. The van der Waals surface area contributed by atoms with Gasteiger partial charge >= 0.3 is 0 Å². The average Bonchev–Trinajstić information content (AvgIpc) is 2.81. The Morgan fingerprint density at radius 1 is 1.33 bits per heavy atom. The summed E-state index contributed by atoms with van der Waals surface area (Å²) in [6.45, 7) is 6.96. The molecule has 1 aliphatic rings. The first-order chi connectivity index (χ1) is 11.9. The van der Waals surface area contributed by atoms with E-state index in [0.717, 1.165) is 36.2 Å². The number of aryl methyl sites for hydroxylation is 3. The van der Waals surface area contributed by atoms with Crippen molar-refractivity contribution in [3.8, 4) is 0 Å². The number of nitrogens with zero attached hydrogens (tertiary/aromatic N) is 2. The highest BCUT2D eigenvalue weighted by atomic mass is 35.5. The van der Waals surface area contributed by atoms with Gasteiger partial charge in [-0.05, 0) is 57.7 Å². The highest BCUT2D eigenvalue weighted by Crippen LogP contribution is 2.21. The number of aromatic amines is 1. The van der Waals surface area contributed by atoms with E-state index in [1.165, 1.54) is 0 Å². The van der Waals surface area contributed by atoms with Crippen molar-refractivity contribution in [3.05, 3.63) is 27.2 Å². The van der Waals surface area contributed by atoms with Gasteiger partial charge in [0, 0.05) is 31.2 Å². The van der Waals surface area contributed by atoms with Crippen LogP contribution >= 0.6 is 24.8 Å². The first-order valence-electron chi connectivity index (χ1n) is 8.94. The molecule has 0 aromatic carbocycles. The van der Waals surface area contributed by atoms with E-state index >= 15 is 0 Å². The highest BCUT2D eigenvalue weighted by Gasteiger charge is 2.20. The van der Waals surface area contributed by atoms with E-state index in [9.17, 15) is 9.59 Å². The number of H-pyrrole nitrogens is 1. The third-order valence-electron chi connectivity index (χ3n) is 5.17. The van der Waals surface area contributed by atoms with Crippen LogP contribution in [-0.2, 0) is 18.3 Å². The maximum atomic E-state index is 12.3. The lowest BCUT2D eigenvalue weighted by Gasteiger charge is -2.28. The Morgan fingerprint density at radius 3 is 2.70 bits per heavy atom. The zero-order valence-electron chi connectivity index (χ0n) is 16.2. The van der Waals surface area contributed by atoms with Crippen molar-refractivity contribution < 1.29 is 4.79 Å². The van der Waals surface area contributed by atoms with E-state index in [4.69, 9.17) is 0 Å². The van der Waals surface area contributed by atoms with Crippen molar-refractivity contribution in [3.63, 3.8) is 0 Å². The Morgan fingerprint density at radius 2 is 2.04 bits per heavy atom. The molecule has 3 N–H and O–H groups in total. The molecule has 1 saturated heterocycles. The Hall–Kier alpha value is -1.57. The van der Waals surface area contributed by atoms with E-state index in [1.54, 1.807) is 11.7 Å². The van der Waals surface area contributed by atoms with Crippen LogP contribution in [0.2, 0.25) is 0 Å². The number of aromatic nitrogens is 3. The SMILES string of the molecule is Cc1nc2c(c(C)c1CCC(=O)NC1CCNC(C)C1)c(=O)[nH]n2C.Cl.Cl. The summed E-state index contributed by atoms with van der Waals surface area (Å²) in [5.41, 5.74) is 3.34. The molecule has 1 fully saturated rings. The molecule has 2 aromatic rings. The van der Waals surface area contributed by atoms with Crippen LogP contribution in [0.5, 0.6) is 0 Å². The van der Waals surface area contributed by atoms with Gasteiger partial charge < -0.3 is 10.6 Å². The maximum absolute atomic E-state index is 12.3. The molecule has 0 saturated carbocycles. The van der Waals surface area contributed by atoms with Gasteiger partial charge in [-0.3, -0.25) is 19.4 Å². The normalized spacial score (nSPS) is 19.3. The van der Waals surface area contributed by atoms with E-state index in [-0.39, 0.29) is 42.3 Å². The van der Waals surface area contributed by atoms with Crippen molar-refractivity contribution in [1.29, 1.82) is 0 Å². The van der Waals surface area contributed by atoms with Gasteiger partial charge in [0.15, 0.2) is 5.65 Å². The predicted molar refractivity (Wildman–Crippen MR) is 112 cm³/mol. The summed E-state index contributed by atoms with van der Waals surface area (Å²) in [5.74, 6) is 0.0694. The smallest absolute Gasteiger partial charge is 0.273 e. The largest absolute Gasteiger partial charge is 0.353 e. The minimum Gasteiger partial charge on any atom is -0.353 e. The second-order valence-electron chi connectivity index (χ2n) is 7.14. The minimum atomic E-state index is -0.128. The van der Waals surface area contributed by atoms with Crippen LogP contribution in [0.25, 0.3) is 11.0 Å². The number of nitrogens with one attached hydrogen (secondary N) is 3. The highest BCUT2D eigenvalue weighted by molar-refractivity contribution is 5.85. The molecule has 9 heteroatoms. The topological polar surface area (TPSA) is 91.8 Å². The Bertz CT molecular complexity index is 862. The summed E-state index contributed by atoms with van der Waals surface area (Å²) < 4.78 is 1.65. The molecular weight excluding hydrogens is 389 g/mol. The maximum Gasteiger partial charge on any atom is 0.273 e. The number of piperidine rings is 1. The predicted octanol–water partition coefficient (Wildman–Crippen LogP) is 1.91. The fraction of sp³-hybridized carbons (Fsp3) is 0.611. The summed E-state index contributed by atoms with van der Waals surface area (Å²) in [6, 6.07) is 0.698. The molecule has 2 unspecified atom stereocenters. The van der Waals surface area contributed by atoms with Crippen molar-refractivity contribution in [2.45, 2.75) is 58.5 Å². The van der Waals surface area contributed by atoms with E-state index < -0.39 is 0 Å². The summed E-state index contributed by atoms with van der Waals surface area (Å²) >= 11 is 0. The molecule has 152 valence electrons. The molecule has 2 atom stereocenters. The fourth-order valence-corrected chi connectivity index (χ4v) is 3.82. The third kappa shape index (κ3) is 5.03. The lowest BCUT2D eigenvalue weighted by Crippen LogP contribution is -2.46. The number of halogens is 2. The monoisotopic (exact) mass is 417 g/mol. The molecule has 0 spiro atoms. The van der Waals surface area contributed by atoms with Crippen LogP contribution in [0.15, 0.2) is 4.79 Å². The molecular formula is C18H29Cl2N5O2. The van der Waals surface area contributed by atoms with Crippen LogP contribution in [0.1, 0.15) is 43.0 Å². The van der Waals surface area contributed by atoms with Crippen molar-refractivity contribution in [1.82, 2.24) is 25.4 Å². The number of hydrogen-bond acceptors (Lipinski definition) is 4.